The molecule has 1 amide bonds. The summed E-state index contributed by atoms with van der Waals surface area (Å²) in [5.74, 6) is 0.579. The summed E-state index contributed by atoms with van der Waals surface area (Å²) in [5, 5.41) is 3.88. The molecule has 4 aromatic carbocycles. The van der Waals surface area contributed by atoms with Gasteiger partial charge in [0.2, 0.25) is 0 Å². The number of anilines is 1. The minimum atomic E-state index is -0.183. The molecule has 2 heterocycles. The Morgan fingerprint density at radius 3 is 2.26 bits per heavy atom. The van der Waals surface area contributed by atoms with E-state index in [-0.39, 0.29) is 5.91 Å². The Bertz CT molecular complexity index is 1620. The van der Waals surface area contributed by atoms with E-state index in [0.717, 1.165) is 44.6 Å². The number of imidazole rings is 1. The van der Waals surface area contributed by atoms with Crippen molar-refractivity contribution in [1.29, 1.82) is 0 Å². The van der Waals surface area contributed by atoms with Crippen molar-refractivity contribution in [2.75, 3.05) is 5.32 Å². The van der Waals surface area contributed by atoms with Crippen LogP contribution in [-0.2, 0) is 0 Å². The molecular formula is C29H20N4O. The van der Waals surface area contributed by atoms with E-state index in [4.69, 9.17) is 4.98 Å². The molecule has 0 fully saturated rings. The summed E-state index contributed by atoms with van der Waals surface area (Å²) in [4.78, 5) is 26.2. The Morgan fingerprint density at radius 2 is 1.41 bits per heavy atom. The highest BCUT2D eigenvalue weighted by Crippen LogP contribution is 2.27. The minimum absolute atomic E-state index is 0.183. The molecule has 34 heavy (non-hydrogen) atoms. The topological polar surface area (TPSA) is 70.7 Å². The molecule has 0 aliphatic heterocycles. The van der Waals surface area contributed by atoms with E-state index in [1.807, 2.05) is 109 Å². The van der Waals surface area contributed by atoms with Crippen LogP contribution in [0.2, 0.25) is 0 Å². The zero-order valence-corrected chi connectivity index (χ0v) is 18.2. The first-order chi connectivity index (χ1) is 16.7. The number of amides is 1. The number of hydrogen-bond donors (Lipinski definition) is 2. The third-order valence-corrected chi connectivity index (χ3v) is 5.81. The van der Waals surface area contributed by atoms with Gasteiger partial charge in [-0.3, -0.25) is 4.79 Å². The summed E-state index contributed by atoms with van der Waals surface area (Å²) in [6.07, 6.45) is 0. The molecule has 0 aliphatic carbocycles. The quantitative estimate of drug-likeness (QED) is 0.320. The molecule has 0 unspecified atom stereocenters. The summed E-state index contributed by atoms with van der Waals surface area (Å²) >= 11 is 0. The van der Waals surface area contributed by atoms with Crippen LogP contribution in [0.3, 0.4) is 0 Å². The number of hydrogen-bond acceptors (Lipinski definition) is 3. The Morgan fingerprint density at radius 1 is 0.676 bits per heavy atom. The maximum atomic E-state index is 13.4. The van der Waals surface area contributed by atoms with Gasteiger partial charge in [0.15, 0.2) is 0 Å². The molecule has 0 saturated heterocycles. The van der Waals surface area contributed by atoms with Crippen LogP contribution in [0.4, 0.5) is 5.69 Å². The molecule has 6 rings (SSSR count). The Hall–Kier alpha value is -4.77. The van der Waals surface area contributed by atoms with E-state index in [1.54, 1.807) is 0 Å². The largest absolute Gasteiger partial charge is 0.338 e. The van der Waals surface area contributed by atoms with Gasteiger partial charge in [0, 0.05) is 22.2 Å². The second-order valence-corrected chi connectivity index (χ2v) is 8.08. The smallest absolute Gasteiger partial charge is 0.256 e. The fraction of sp³-hybridized carbons (Fsp3) is 0. The van der Waals surface area contributed by atoms with Gasteiger partial charge in [-0.05, 0) is 36.4 Å². The summed E-state index contributed by atoms with van der Waals surface area (Å²) in [6.45, 7) is 0. The third kappa shape index (κ3) is 3.69. The summed E-state index contributed by atoms with van der Waals surface area (Å²) in [5.41, 5.74) is 6.58. The number of para-hydroxylation sites is 3. The van der Waals surface area contributed by atoms with Crippen LogP contribution in [0, 0.1) is 0 Å². The number of carbonyl (C=O) groups excluding carboxylic acids is 1. The van der Waals surface area contributed by atoms with Gasteiger partial charge in [-0.1, -0.05) is 72.8 Å². The highest BCUT2D eigenvalue weighted by atomic mass is 16.1. The first kappa shape index (κ1) is 19.9. The standard InChI is InChI=1S/C29H20N4O/c34-29(23-18-27(19-9-2-1-3-10-19)31-24-14-5-4-13-22(23)24)30-21-12-8-11-20(17-21)28-32-25-15-6-7-16-26(25)33-28/h1-18H,(H,30,34)(H,32,33). The molecule has 162 valence electrons. The number of carbonyl (C=O) groups is 1. The number of benzene rings is 4. The lowest BCUT2D eigenvalue weighted by atomic mass is 10.0. The van der Waals surface area contributed by atoms with Gasteiger partial charge in [0.05, 0.1) is 27.8 Å². The Balaban J connectivity index is 1.37. The van der Waals surface area contributed by atoms with E-state index in [9.17, 15) is 4.79 Å². The van der Waals surface area contributed by atoms with Crippen LogP contribution < -0.4 is 5.32 Å². The number of nitrogens with zero attached hydrogens (tertiary/aromatic N) is 2. The van der Waals surface area contributed by atoms with Crippen LogP contribution in [0.5, 0.6) is 0 Å². The van der Waals surface area contributed by atoms with Crippen LogP contribution in [0.25, 0.3) is 44.6 Å². The lowest BCUT2D eigenvalue weighted by Crippen LogP contribution is -2.13. The van der Waals surface area contributed by atoms with Gasteiger partial charge >= 0.3 is 0 Å². The molecule has 0 spiro atoms. The molecule has 0 aliphatic rings. The lowest BCUT2D eigenvalue weighted by molar-refractivity contribution is 0.102. The zero-order valence-electron chi connectivity index (χ0n) is 18.2. The molecular weight excluding hydrogens is 420 g/mol. The highest BCUT2D eigenvalue weighted by Gasteiger charge is 2.15. The number of aromatic amines is 1. The molecule has 0 atom stereocenters. The minimum Gasteiger partial charge on any atom is -0.338 e. The Labute approximate surface area is 196 Å². The van der Waals surface area contributed by atoms with E-state index in [0.29, 0.717) is 11.3 Å². The number of fused-ring (bicyclic) bond motifs is 2. The molecule has 0 radical (unpaired) electrons. The third-order valence-electron chi connectivity index (χ3n) is 5.81. The molecule has 2 N–H and O–H groups in total. The number of pyridine rings is 1. The average molecular weight is 441 g/mol. The van der Waals surface area contributed by atoms with Gasteiger partial charge in [0.25, 0.3) is 5.91 Å². The number of nitrogens with one attached hydrogen (secondary N) is 2. The van der Waals surface area contributed by atoms with Gasteiger partial charge in [0.1, 0.15) is 5.82 Å². The average Bonchev–Trinajstić information content (AvgIpc) is 3.33. The van der Waals surface area contributed by atoms with Crippen molar-refractivity contribution in [3.63, 3.8) is 0 Å². The predicted molar refractivity (Wildman–Crippen MR) is 137 cm³/mol. The van der Waals surface area contributed by atoms with Crippen LogP contribution in [0.15, 0.2) is 109 Å². The number of rotatable bonds is 4. The molecule has 5 nitrogen and oxygen atoms in total. The zero-order chi connectivity index (χ0) is 22.9. The van der Waals surface area contributed by atoms with Crippen molar-refractivity contribution in [2.45, 2.75) is 0 Å². The van der Waals surface area contributed by atoms with Crippen molar-refractivity contribution < 1.29 is 4.79 Å². The maximum Gasteiger partial charge on any atom is 0.256 e. The van der Waals surface area contributed by atoms with Crippen molar-refractivity contribution in [1.82, 2.24) is 15.0 Å². The van der Waals surface area contributed by atoms with Crippen molar-refractivity contribution in [3.8, 4) is 22.6 Å². The second-order valence-electron chi connectivity index (χ2n) is 8.08. The lowest BCUT2D eigenvalue weighted by Gasteiger charge is -2.11. The maximum absolute atomic E-state index is 13.4. The molecule has 0 bridgehead atoms. The normalized spacial score (nSPS) is 11.1. The van der Waals surface area contributed by atoms with Crippen molar-refractivity contribution in [2.24, 2.45) is 0 Å². The molecule has 0 saturated carbocycles. The predicted octanol–water partition coefficient (Wildman–Crippen LogP) is 6.70. The first-order valence-corrected chi connectivity index (χ1v) is 11.1. The summed E-state index contributed by atoms with van der Waals surface area (Å²) < 4.78 is 0. The first-order valence-electron chi connectivity index (χ1n) is 11.1. The van der Waals surface area contributed by atoms with Gasteiger partial charge < -0.3 is 10.3 Å². The van der Waals surface area contributed by atoms with E-state index in [2.05, 4.69) is 15.3 Å². The van der Waals surface area contributed by atoms with Gasteiger partial charge in [-0.25, -0.2) is 9.97 Å². The van der Waals surface area contributed by atoms with Crippen LogP contribution in [0.1, 0.15) is 10.4 Å². The molecule has 6 aromatic rings. The highest BCUT2D eigenvalue weighted by molar-refractivity contribution is 6.13. The van der Waals surface area contributed by atoms with Crippen LogP contribution >= 0.6 is 0 Å². The molecule has 2 aromatic heterocycles. The van der Waals surface area contributed by atoms with Gasteiger partial charge in [-0.2, -0.15) is 0 Å². The summed E-state index contributed by atoms with van der Waals surface area (Å²) in [6, 6.07) is 35.1. The van der Waals surface area contributed by atoms with E-state index < -0.39 is 0 Å². The van der Waals surface area contributed by atoms with E-state index >= 15 is 0 Å². The van der Waals surface area contributed by atoms with Crippen molar-refractivity contribution in [3.05, 3.63) is 115 Å². The summed E-state index contributed by atoms with van der Waals surface area (Å²) in [7, 11) is 0. The number of H-pyrrole nitrogens is 1. The number of aromatic nitrogens is 3. The Kier molecular flexibility index (Phi) is 4.85. The fourth-order valence-electron chi connectivity index (χ4n) is 4.15. The van der Waals surface area contributed by atoms with Crippen LogP contribution in [-0.4, -0.2) is 20.9 Å². The second kappa shape index (κ2) is 8.30. The van der Waals surface area contributed by atoms with E-state index in [1.165, 1.54) is 0 Å². The van der Waals surface area contributed by atoms with Gasteiger partial charge in [-0.15, -0.1) is 0 Å². The van der Waals surface area contributed by atoms with Crippen molar-refractivity contribution >= 4 is 33.5 Å². The SMILES string of the molecule is O=C(Nc1cccc(-c2nc3ccccc3[nH]2)c1)c1cc(-c2ccccc2)nc2ccccc12. The monoisotopic (exact) mass is 440 g/mol. The molecule has 5 heteroatoms. The fourth-order valence-corrected chi connectivity index (χ4v) is 4.15.